The van der Waals surface area contributed by atoms with E-state index in [1.165, 1.54) is 12.1 Å². The van der Waals surface area contributed by atoms with Crippen molar-refractivity contribution in [1.29, 1.82) is 0 Å². The number of carbonyl (C=O) groups excluding carboxylic acids is 5. The SMILES string of the molecule is CC.CC(C)(C)OC(=O)NCCOCCOCCOCCOCCOc1ccc2c(c1)C(=O)N(C1CCC(=O)NC1=O)C2=O. The number of nitrogens with zero attached hydrogens (tertiary/aromatic N) is 1. The smallest absolute Gasteiger partial charge is 0.407 e. The molecule has 1 fully saturated rings. The highest BCUT2D eigenvalue weighted by Crippen LogP contribution is 2.30. The Bertz CT molecular complexity index is 1120. The largest absolute Gasteiger partial charge is 0.491 e. The van der Waals surface area contributed by atoms with Crippen LogP contribution < -0.4 is 15.4 Å². The van der Waals surface area contributed by atoms with E-state index in [4.69, 9.17) is 28.4 Å². The number of ether oxygens (including phenoxy) is 6. The molecule has 246 valence electrons. The van der Waals surface area contributed by atoms with E-state index < -0.39 is 41.4 Å². The van der Waals surface area contributed by atoms with Gasteiger partial charge in [-0.15, -0.1) is 0 Å². The van der Waals surface area contributed by atoms with Crippen LogP contribution in [0.1, 0.15) is 68.2 Å². The van der Waals surface area contributed by atoms with Gasteiger partial charge in [-0.2, -0.15) is 0 Å². The van der Waals surface area contributed by atoms with Crippen LogP contribution in [-0.4, -0.2) is 112 Å². The van der Waals surface area contributed by atoms with Crippen molar-refractivity contribution in [2.75, 3.05) is 66.0 Å². The first-order valence-electron chi connectivity index (χ1n) is 14.8. The third-order valence-electron chi connectivity index (χ3n) is 5.94. The number of rotatable bonds is 17. The molecule has 2 aliphatic heterocycles. The number of piperidine rings is 1. The first-order valence-corrected chi connectivity index (χ1v) is 14.8. The summed E-state index contributed by atoms with van der Waals surface area (Å²) in [6.07, 6.45) is -0.320. The molecule has 1 atom stereocenters. The van der Waals surface area contributed by atoms with Crippen LogP contribution in [-0.2, 0) is 33.3 Å². The van der Waals surface area contributed by atoms with Crippen molar-refractivity contribution in [3.05, 3.63) is 29.3 Å². The summed E-state index contributed by atoms with van der Waals surface area (Å²) in [6, 6.07) is 3.52. The number of benzene rings is 1. The number of carbonyl (C=O) groups is 5. The van der Waals surface area contributed by atoms with Crippen molar-refractivity contribution < 1.29 is 52.4 Å². The molecule has 14 heteroatoms. The predicted molar refractivity (Wildman–Crippen MR) is 157 cm³/mol. The van der Waals surface area contributed by atoms with Crippen LogP contribution in [0.5, 0.6) is 5.75 Å². The lowest BCUT2D eigenvalue weighted by atomic mass is 10.0. The molecule has 0 saturated carbocycles. The maximum absolute atomic E-state index is 12.9. The number of fused-ring (bicyclic) bond motifs is 1. The van der Waals surface area contributed by atoms with Crippen molar-refractivity contribution in [1.82, 2.24) is 15.5 Å². The van der Waals surface area contributed by atoms with Gasteiger partial charge in [0.05, 0.1) is 64.0 Å². The van der Waals surface area contributed by atoms with Crippen LogP contribution in [0.4, 0.5) is 4.79 Å². The van der Waals surface area contributed by atoms with Crippen LogP contribution in [0.25, 0.3) is 0 Å². The summed E-state index contributed by atoms with van der Waals surface area (Å²) in [6.45, 7) is 12.9. The number of alkyl carbamates (subject to hydrolysis) is 1. The van der Waals surface area contributed by atoms with E-state index in [0.29, 0.717) is 58.5 Å². The Morgan fingerprint density at radius 1 is 0.841 bits per heavy atom. The standard InChI is InChI=1S/C28H39N3O11.C2H6/c1-28(2,3)42-27(36)29-8-9-37-10-11-38-12-13-39-14-15-40-16-17-41-19-4-5-20-21(18-19)26(35)31(25(20)34)22-6-7-23(32)30-24(22)33;1-2/h4-5,18,22H,6-17H2,1-3H3,(H,29,36)(H,30,32,33);1-2H3. The molecule has 0 aliphatic carbocycles. The second-order valence-corrected chi connectivity index (χ2v) is 10.4. The van der Waals surface area contributed by atoms with E-state index in [0.717, 1.165) is 4.90 Å². The first kappa shape index (κ1) is 36.6. The van der Waals surface area contributed by atoms with E-state index in [1.54, 1.807) is 26.8 Å². The fraction of sp³-hybridized carbons (Fsp3) is 0.633. The Kier molecular flexibility index (Phi) is 15.8. The molecule has 0 spiro atoms. The topological polar surface area (TPSA) is 168 Å². The van der Waals surface area contributed by atoms with E-state index in [9.17, 15) is 24.0 Å². The van der Waals surface area contributed by atoms with Gasteiger partial charge in [-0.3, -0.25) is 29.4 Å². The molecule has 2 N–H and O–H groups in total. The third kappa shape index (κ3) is 12.2. The number of hydrogen-bond acceptors (Lipinski definition) is 11. The summed E-state index contributed by atoms with van der Waals surface area (Å²) < 4.78 is 32.5. The minimum atomic E-state index is -1.01. The normalized spacial score (nSPS) is 16.2. The van der Waals surface area contributed by atoms with E-state index in [2.05, 4.69) is 10.6 Å². The van der Waals surface area contributed by atoms with Crippen molar-refractivity contribution in [3.63, 3.8) is 0 Å². The van der Waals surface area contributed by atoms with Crippen LogP contribution in [0.15, 0.2) is 18.2 Å². The molecule has 0 aromatic heterocycles. The number of amides is 5. The van der Waals surface area contributed by atoms with Crippen LogP contribution in [0, 0.1) is 0 Å². The summed E-state index contributed by atoms with van der Waals surface area (Å²) in [7, 11) is 0. The van der Waals surface area contributed by atoms with Crippen molar-refractivity contribution in [2.45, 2.75) is 59.1 Å². The molecule has 14 nitrogen and oxygen atoms in total. The predicted octanol–water partition coefficient (Wildman–Crippen LogP) is 2.08. The third-order valence-corrected chi connectivity index (χ3v) is 5.94. The Hall–Kier alpha value is -3.59. The monoisotopic (exact) mass is 623 g/mol. The van der Waals surface area contributed by atoms with Gasteiger partial charge >= 0.3 is 6.09 Å². The Balaban J connectivity index is 0.00000330. The Morgan fingerprint density at radius 3 is 1.95 bits per heavy atom. The first-order chi connectivity index (χ1) is 21.1. The van der Waals surface area contributed by atoms with Crippen molar-refractivity contribution >= 4 is 29.7 Å². The Morgan fingerprint density at radius 2 is 1.39 bits per heavy atom. The molecule has 2 heterocycles. The summed E-state index contributed by atoms with van der Waals surface area (Å²) in [4.78, 5) is 61.6. The zero-order valence-corrected chi connectivity index (χ0v) is 26.2. The van der Waals surface area contributed by atoms with Gasteiger partial charge in [0.15, 0.2) is 0 Å². The van der Waals surface area contributed by atoms with E-state index in [1.807, 2.05) is 13.8 Å². The van der Waals surface area contributed by atoms with Crippen molar-refractivity contribution in [2.24, 2.45) is 0 Å². The average Bonchev–Trinajstić information content (AvgIpc) is 3.21. The van der Waals surface area contributed by atoms with Crippen molar-refractivity contribution in [3.8, 4) is 5.75 Å². The molecule has 1 unspecified atom stereocenters. The molecule has 0 radical (unpaired) electrons. The molecule has 3 rings (SSSR count). The summed E-state index contributed by atoms with van der Waals surface area (Å²) >= 11 is 0. The lowest BCUT2D eigenvalue weighted by molar-refractivity contribution is -0.136. The highest BCUT2D eigenvalue weighted by Gasteiger charge is 2.44. The highest BCUT2D eigenvalue weighted by molar-refractivity contribution is 6.23. The number of hydrogen-bond donors (Lipinski definition) is 2. The summed E-state index contributed by atoms with van der Waals surface area (Å²) in [5.74, 6) is -1.85. The average molecular weight is 624 g/mol. The van der Waals surface area contributed by atoms with Gasteiger partial charge < -0.3 is 33.7 Å². The molecule has 1 aromatic carbocycles. The molecule has 1 saturated heterocycles. The van der Waals surface area contributed by atoms with Gasteiger partial charge in [0.25, 0.3) is 11.8 Å². The van der Waals surface area contributed by atoms with Gasteiger partial charge in [-0.25, -0.2) is 4.79 Å². The quantitative estimate of drug-likeness (QED) is 0.193. The van der Waals surface area contributed by atoms with Gasteiger partial charge in [0.2, 0.25) is 11.8 Å². The number of imide groups is 2. The van der Waals surface area contributed by atoms with E-state index >= 15 is 0 Å². The molecular formula is C30H45N3O11. The van der Waals surface area contributed by atoms with Gasteiger partial charge in [0.1, 0.15) is 24.0 Å². The van der Waals surface area contributed by atoms with Crippen LogP contribution in [0.2, 0.25) is 0 Å². The second kappa shape index (κ2) is 18.9. The highest BCUT2D eigenvalue weighted by atomic mass is 16.6. The molecule has 1 aromatic rings. The fourth-order valence-corrected chi connectivity index (χ4v) is 4.06. The Labute approximate surface area is 258 Å². The lowest BCUT2D eigenvalue weighted by Gasteiger charge is -2.27. The van der Waals surface area contributed by atoms with E-state index in [-0.39, 0.29) is 37.2 Å². The molecular weight excluding hydrogens is 578 g/mol. The lowest BCUT2D eigenvalue weighted by Crippen LogP contribution is -2.54. The van der Waals surface area contributed by atoms with Gasteiger partial charge in [-0.1, -0.05) is 13.8 Å². The maximum atomic E-state index is 12.9. The maximum Gasteiger partial charge on any atom is 0.407 e. The minimum absolute atomic E-state index is 0.0611. The molecule has 5 amide bonds. The summed E-state index contributed by atoms with van der Waals surface area (Å²) in [5, 5.41) is 4.78. The van der Waals surface area contributed by atoms with Gasteiger partial charge in [-0.05, 0) is 45.4 Å². The van der Waals surface area contributed by atoms with Crippen LogP contribution in [0.3, 0.4) is 0 Å². The number of nitrogens with one attached hydrogen (secondary N) is 2. The van der Waals surface area contributed by atoms with Gasteiger partial charge in [0, 0.05) is 13.0 Å². The second-order valence-electron chi connectivity index (χ2n) is 10.4. The molecule has 0 bridgehead atoms. The van der Waals surface area contributed by atoms with Crippen LogP contribution >= 0.6 is 0 Å². The zero-order valence-electron chi connectivity index (χ0n) is 26.2. The minimum Gasteiger partial charge on any atom is -0.491 e. The fourth-order valence-electron chi connectivity index (χ4n) is 4.06. The molecule has 44 heavy (non-hydrogen) atoms. The molecule has 2 aliphatic rings. The summed E-state index contributed by atoms with van der Waals surface area (Å²) in [5.41, 5.74) is -0.193. The zero-order chi connectivity index (χ0) is 32.5.